The highest BCUT2D eigenvalue weighted by Gasteiger charge is 2.20. The van der Waals surface area contributed by atoms with Gasteiger partial charge in [-0.3, -0.25) is 9.80 Å². The molecule has 2 atom stereocenters. The van der Waals surface area contributed by atoms with Crippen LogP contribution >= 0.6 is 0 Å². The van der Waals surface area contributed by atoms with Crippen LogP contribution in [0, 0.1) is 0 Å². The highest BCUT2D eigenvalue weighted by Crippen LogP contribution is 2.09. The Hall–Kier alpha value is -0.160. The molecule has 128 valence electrons. The molecule has 0 N–H and O–H groups in total. The number of nitrogens with zero attached hydrogens (tertiary/aromatic N) is 2. The van der Waals surface area contributed by atoms with Gasteiger partial charge >= 0.3 is 0 Å². The first-order valence-electron chi connectivity index (χ1n) is 8.83. The van der Waals surface area contributed by atoms with Crippen LogP contribution in [0.4, 0.5) is 0 Å². The zero-order valence-corrected chi connectivity index (χ0v) is 15.2. The molecule has 2 fully saturated rings. The van der Waals surface area contributed by atoms with Crippen molar-refractivity contribution in [3.63, 3.8) is 0 Å². The van der Waals surface area contributed by atoms with Gasteiger partial charge in [0, 0.05) is 26.2 Å². The minimum Gasteiger partial charge on any atom is -0.379 e. The minimum absolute atomic E-state index is 0.420. The van der Waals surface area contributed by atoms with Crippen molar-refractivity contribution in [2.45, 2.75) is 60.2 Å². The molecule has 2 rings (SSSR count). The van der Waals surface area contributed by atoms with Crippen LogP contribution in [0.1, 0.15) is 48.0 Å². The molecule has 4 nitrogen and oxygen atoms in total. The van der Waals surface area contributed by atoms with Crippen molar-refractivity contribution in [3.8, 4) is 0 Å². The summed E-state index contributed by atoms with van der Waals surface area (Å²) in [5.41, 5.74) is 0. The van der Waals surface area contributed by atoms with E-state index in [1.165, 1.54) is 13.0 Å². The molecule has 0 aromatic carbocycles. The number of rotatable bonds is 3. The van der Waals surface area contributed by atoms with E-state index in [0.29, 0.717) is 12.2 Å². The molecule has 0 aromatic rings. The van der Waals surface area contributed by atoms with E-state index in [1.807, 2.05) is 13.8 Å². The van der Waals surface area contributed by atoms with Gasteiger partial charge in [0.25, 0.3) is 0 Å². The average molecular weight is 303 g/mol. The lowest BCUT2D eigenvalue weighted by Gasteiger charge is -2.34. The second-order valence-electron chi connectivity index (χ2n) is 5.56. The van der Waals surface area contributed by atoms with Gasteiger partial charge in [-0.25, -0.2) is 0 Å². The Morgan fingerprint density at radius 3 is 1.86 bits per heavy atom. The Balaban J connectivity index is 0.000000342. The fourth-order valence-electron chi connectivity index (χ4n) is 2.68. The topological polar surface area (TPSA) is 24.9 Å². The molecule has 0 bridgehead atoms. The normalized spacial score (nSPS) is 27.1. The summed E-state index contributed by atoms with van der Waals surface area (Å²) in [5.74, 6) is 0. The molecule has 0 radical (unpaired) electrons. The van der Waals surface area contributed by atoms with Gasteiger partial charge in [-0.05, 0) is 33.4 Å². The smallest absolute Gasteiger partial charge is 0.0678 e. The lowest BCUT2D eigenvalue weighted by molar-refractivity contribution is -0.0664. The van der Waals surface area contributed by atoms with Gasteiger partial charge in [-0.1, -0.05) is 27.7 Å². The summed E-state index contributed by atoms with van der Waals surface area (Å²) in [5, 5.41) is 0. The molecule has 0 spiro atoms. The van der Waals surface area contributed by atoms with Crippen LogP contribution in [0.2, 0.25) is 0 Å². The number of ether oxygens (including phenoxy) is 2. The first kappa shape index (κ1) is 20.8. The van der Waals surface area contributed by atoms with Gasteiger partial charge in [0.05, 0.1) is 25.4 Å². The molecular weight excluding hydrogens is 264 g/mol. The van der Waals surface area contributed by atoms with E-state index < -0.39 is 0 Å². The molecule has 2 heterocycles. The average Bonchev–Trinajstić information content (AvgIpc) is 2.50. The van der Waals surface area contributed by atoms with E-state index >= 15 is 0 Å². The van der Waals surface area contributed by atoms with Crippen LogP contribution in [-0.2, 0) is 9.47 Å². The molecular formula is C17H38N2O2. The van der Waals surface area contributed by atoms with Crippen molar-refractivity contribution >= 4 is 0 Å². The second kappa shape index (κ2) is 13.5. The first-order valence-corrected chi connectivity index (χ1v) is 8.83. The largest absolute Gasteiger partial charge is 0.379 e. The zero-order valence-electron chi connectivity index (χ0n) is 15.2. The van der Waals surface area contributed by atoms with Gasteiger partial charge in [-0.15, -0.1) is 0 Å². The highest BCUT2D eigenvalue weighted by atomic mass is 16.5. The van der Waals surface area contributed by atoms with Crippen molar-refractivity contribution in [2.75, 3.05) is 52.5 Å². The molecule has 2 unspecified atom stereocenters. The van der Waals surface area contributed by atoms with E-state index in [9.17, 15) is 0 Å². The molecule has 0 aliphatic carbocycles. The Morgan fingerprint density at radius 2 is 1.43 bits per heavy atom. The summed E-state index contributed by atoms with van der Waals surface area (Å²) in [7, 11) is 0. The van der Waals surface area contributed by atoms with Gasteiger partial charge in [0.15, 0.2) is 0 Å². The Labute approximate surface area is 132 Å². The van der Waals surface area contributed by atoms with Gasteiger partial charge in [0.1, 0.15) is 0 Å². The third-order valence-corrected chi connectivity index (χ3v) is 3.59. The quantitative estimate of drug-likeness (QED) is 0.800. The van der Waals surface area contributed by atoms with Crippen molar-refractivity contribution in [1.29, 1.82) is 0 Å². The Kier molecular flexibility index (Phi) is 13.4. The van der Waals surface area contributed by atoms with E-state index in [0.717, 1.165) is 45.9 Å². The van der Waals surface area contributed by atoms with E-state index in [1.54, 1.807) is 0 Å². The maximum atomic E-state index is 5.58. The van der Waals surface area contributed by atoms with Gasteiger partial charge in [-0.2, -0.15) is 0 Å². The molecule has 2 saturated heterocycles. The van der Waals surface area contributed by atoms with Crippen LogP contribution < -0.4 is 0 Å². The van der Waals surface area contributed by atoms with Crippen LogP contribution in [0.5, 0.6) is 0 Å². The van der Waals surface area contributed by atoms with Gasteiger partial charge in [0.2, 0.25) is 0 Å². The maximum absolute atomic E-state index is 5.58. The molecule has 2 aliphatic rings. The van der Waals surface area contributed by atoms with Crippen LogP contribution in [0.3, 0.4) is 0 Å². The third kappa shape index (κ3) is 10.2. The van der Waals surface area contributed by atoms with Crippen molar-refractivity contribution < 1.29 is 9.47 Å². The fourth-order valence-corrected chi connectivity index (χ4v) is 2.68. The van der Waals surface area contributed by atoms with E-state index in [4.69, 9.17) is 9.47 Å². The highest BCUT2D eigenvalue weighted by molar-refractivity contribution is 4.71. The Morgan fingerprint density at radius 1 is 0.905 bits per heavy atom. The number of hydrogen-bond donors (Lipinski definition) is 0. The third-order valence-electron chi connectivity index (χ3n) is 3.59. The molecule has 21 heavy (non-hydrogen) atoms. The predicted molar refractivity (Wildman–Crippen MR) is 91.0 cm³/mol. The van der Waals surface area contributed by atoms with Gasteiger partial charge < -0.3 is 9.47 Å². The summed E-state index contributed by atoms with van der Waals surface area (Å²) in [6.07, 6.45) is 2.10. The van der Waals surface area contributed by atoms with E-state index in [2.05, 4.69) is 37.5 Å². The maximum Gasteiger partial charge on any atom is 0.0678 e. The summed E-state index contributed by atoms with van der Waals surface area (Å²) < 4.78 is 10.8. The van der Waals surface area contributed by atoms with Crippen LogP contribution in [-0.4, -0.2) is 74.5 Å². The van der Waals surface area contributed by atoms with Crippen LogP contribution in [0.15, 0.2) is 0 Å². The van der Waals surface area contributed by atoms with Crippen molar-refractivity contribution in [3.05, 3.63) is 0 Å². The summed E-state index contributed by atoms with van der Waals surface area (Å²) >= 11 is 0. The predicted octanol–water partition coefficient (Wildman–Crippen LogP) is 2.87. The lowest BCUT2D eigenvalue weighted by atomic mass is 10.2. The Bertz CT molecular complexity index is 208. The summed E-state index contributed by atoms with van der Waals surface area (Å²) in [6.45, 7) is 21.4. The standard InChI is InChI=1S/C8H17NO.C7H15NO.C2H6/c1-4-9-5-7(2)10-8(3)6-9;1-2-3-8-4-6-9-7-5-8;1-2/h7-8H,4-6H2,1-3H3;2-7H2,1H3;1-2H3. The monoisotopic (exact) mass is 302 g/mol. The zero-order chi connectivity index (χ0) is 16.1. The molecule has 0 saturated carbocycles. The number of hydrogen-bond acceptors (Lipinski definition) is 4. The van der Waals surface area contributed by atoms with Crippen molar-refractivity contribution in [1.82, 2.24) is 9.80 Å². The fraction of sp³-hybridized carbons (Fsp3) is 1.00. The SMILES string of the molecule is CC.CCCN1CCOCC1.CCN1CC(C)OC(C)C1. The molecule has 4 heteroatoms. The van der Waals surface area contributed by atoms with E-state index in [-0.39, 0.29) is 0 Å². The van der Waals surface area contributed by atoms with Crippen LogP contribution in [0.25, 0.3) is 0 Å². The second-order valence-corrected chi connectivity index (χ2v) is 5.56. The van der Waals surface area contributed by atoms with Crippen molar-refractivity contribution in [2.24, 2.45) is 0 Å². The number of likely N-dealkylation sites (N-methyl/N-ethyl adjacent to an activating group) is 1. The summed E-state index contributed by atoms with van der Waals surface area (Å²) in [6, 6.07) is 0. The lowest BCUT2D eigenvalue weighted by Crippen LogP contribution is -2.45. The molecule has 0 amide bonds. The minimum atomic E-state index is 0.420. The number of morpholine rings is 2. The molecule has 0 aromatic heterocycles. The summed E-state index contributed by atoms with van der Waals surface area (Å²) in [4.78, 5) is 4.88. The molecule has 2 aliphatic heterocycles. The first-order chi connectivity index (χ1) is 10.2.